The minimum Gasteiger partial charge on any atom is -0.481 e. The molecule has 8 heteroatoms. The number of anilines is 1. The minimum absolute atomic E-state index is 0.00748. The Balaban J connectivity index is 2.06. The number of amides is 2. The summed E-state index contributed by atoms with van der Waals surface area (Å²) in [4.78, 5) is 23.7. The lowest BCUT2D eigenvalue weighted by atomic mass is 10.1. The van der Waals surface area contributed by atoms with Crippen LogP contribution in [-0.4, -0.2) is 35.1 Å². The van der Waals surface area contributed by atoms with Gasteiger partial charge in [0.05, 0.1) is 11.6 Å². The molecule has 1 atom stereocenters. The van der Waals surface area contributed by atoms with Crippen LogP contribution in [0.25, 0.3) is 0 Å². The first kappa shape index (κ1) is 14.2. The van der Waals surface area contributed by atoms with Gasteiger partial charge in [-0.2, -0.15) is 0 Å². The summed E-state index contributed by atoms with van der Waals surface area (Å²) in [6, 6.07) is 0.112. The Morgan fingerprint density at radius 2 is 1.85 bits per heavy atom. The average Bonchev–Trinajstić information content (AvgIpc) is 2.85. The van der Waals surface area contributed by atoms with E-state index in [0.717, 1.165) is 0 Å². The normalized spacial score (nSPS) is 18.1. The molecular formula is C12H11F3N2O3. The predicted octanol–water partition coefficient (Wildman–Crippen LogP) is 2.04. The number of rotatable bonds is 2. The van der Waals surface area contributed by atoms with Crippen molar-refractivity contribution >= 4 is 17.7 Å². The number of benzene rings is 1. The number of halogens is 3. The second-order valence-electron chi connectivity index (χ2n) is 4.45. The van der Waals surface area contributed by atoms with Gasteiger partial charge in [-0.3, -0.25) is 4.79 Å². The van der Waals surface area contributed by atoms with Crippen LogP contribution in [0.2, 0.25) is 0 Å². The molecule has 1 aromatic carbocycles. The minimum atomic E-state index is -1.35. The van der Waals surface area contributed by atoms with Crippen LogP contribution < -0.4 is 5.32 Å². The van der Waals surface area contributed by atoms with E-state index in [2.05, 4.69) is 5.32 Å². The van der Waals surface area contributed by atoms with Gasteiger partial charge in [0.15, 0.2) is 11.6 Å². The number of aliphatic carboxylic acids is 1. The van der Waals surface area contributed by atoms with Gasteiger partial charge in [-0.05, 0) is 6.42 Å². The molecule has 1 heterocycles. The summed E-state index contributed by atoms with van der Waals surface area (Å²) < 4.78 is 39.1. The van der Waals surface area contributed by atoms with E-state index in [-0.39, 0.29) is 13.1 Å². The first-order valence-electron chi connectivity index (χ1n) is 5.81. The summed E-state index contributed by atoms with van der Waals surface area (Å²) in [7, 11) is 0. The molecule has 2 amide bonds. The molecule has 5 nitrogen and oxygen atoms in total. The monoisotopic (exact) mass is 288 g/mol. The second kappa shape index (κ2) is 5.40. The molecule has 108 valence electrons. The second-order valence-corrected chi connectivity index (χ2v) is 4.45. The van der Waals surface area contributed by atoms with Gasteiger partial charge >= 0.3 is 12.0 Å². The average molecular weight is 288 g/mol. The van der Waals surface area contributed by atoms with E-state index < -0.39 is 41.1 Å². The highest BCUT2D eigenvalue weighted by Gasteiger charge is 2.31. The van der Waals surface area contributed by atoms with Gasteiger partial charge in [0.1, 0.15) is 5.82 Å². The maximum Gasteiger partial charge on any atom is 0.321 e. The lowest BCUT2D eigenvalue weighted by molar-refractivity contribution is -0.141. The standard InChI is InChI=1S/C12H11F3N2O3/c13-7-3-9(15)10(4-8(7)14)16-12(20)17-2-1-6(5-17)11(18)19/h3-4,6H,1-2,5H2,(H,16,20)(H,18,19). The molecular weight excluding hydrogens is 277 g/mol. The predicted molar refractivity (Wildman–Crippen MR) is 62.7 cm³/mol. The Morgan fingerprint density at radius 3 is 2.45 bits per heavy atom. The summed E-state index contributed by atoms with van der Waals surface area (Å²) in [5.41, 5.74) is -0.493. The molecule has 0 spiro atoms. The van der Waals surface area contributed by atoms with Gasteiger partial charge in [-0.25, -0.2) is 18.0 Å². The molecule has 20 heavy (non-hydrogen) atoms. The number of carboxylic acids is 1. The summed E-state index contributed by atoms with van der Waals surface area (Å²) in [6.07, 6.45) is 0.295. The van der Waals surface area contributed by atoms with Crippen LogP contribution in [0.4, 0.5) is 23.7 Å². The number of hydrogen-bond donors (Lipinski definition) is 2. The molecule has 1 aromatic rings. The topological polar surface area (TPSA) is 69.6 Å². The largest absolute Gasteiger partial charge is 0.481 e. The van der Waals surface area contributed by atoms with Crippen LogP contribution in [0.5, 0.6) is 0 Å². The van der Waals surface area contributed by atoms with Crippen molar-refractivity contribution < 1.29 is 27.9 Å². The Morgan fingerprint density at radius 1 is 1.20 bits per heavy atom. The lowest BCUT2D eigenvalue weighted by Crippen LogP contribution is -2.34. The fourth-order valence-corrected chi connectivity index (χ4v) is 1.96. The summed E-state index contributed by atoms with van der Waals surface area (Å²) in [5, 5.41) is 10.9. The van der Waals surface area contributed by atoms with Gasteiger partial charge in [-0.15, -0.1) is 0 Å². The number of nitrogens with zero attached hydrogens (tertiary/aromatic N) is 1. The number of likely N-dealkylation sites (tertiary alicyclic amines) is 1. The SMILES string of the molecule is O=C(O)C1CCN(C(=O)Nc2cc(F)c(F)cc2F)C1. The molecule has 1 aliphatic heterocycles. The highest BCUT2D eigenvalue weighted by Crippen LogP contribution is 2.21. The van der Waals surface area contributed by atoms with Crippen molar-refractivity contribution in [2.24, 2.45) is 5.92 Å². The Labute approximate surface area is 112 Å². The molecule has 1 aliphatic rings. The zero-order valence-electron chi connectivity index (χ0n) is 10.2. The van der Waals surface area contributed by atoms with Crippen LogP contribution in [0.3, 0.4) is 0 Å². The maximum atomic E-state index is 13.3. The van der Waals surface area contributed by atoms with Gasteiger partial charge in [-0.1, -0.05) is 0 Å². The first-order chi connectivity index (χ1) is 9.38. The fourth-order valence-electron chi connectivity index (χ4n) is 1.96. The fraction of sp³-hybridized carbons (Fsp3) is 0.333. The molecule has 0 aromatic heterocycles. The molecule has 2 rings (SSSR count). The zero-order chi connectivity index (χ0) is 14.9. The van der Waals surface area contributed by atoms with E-state index in [1.165, 1.54) is 4.90 Å². The van der Waals surface area contributed by atoms with E-state index in [1.54, 1.807) is 0 Å². The molecule has 1 saturated heterocycles. The molecule has 0 saturated carbocycles. The molecule has 1 unspecified atom stereocenters. The number of urea groups is 1. The number of hydrogen-bond acceptors (Lipinski definition) is 2. The summed E-state index contributed by atoms with van der Waals surface area (Å²) >= 11 is 0. The van der Waals surface area contributed by atoms with Gasteiger partial charge in [0.25, 0.3) is 0 Å². The quantitative estimate of drug-likeness (QED) is 0.818. The summed E-state index contributed by atoms with van der Waals surface area (Å²) in [5.74, 6) is -5.43. The number of carboxylic acid groups (broad SMARTS) is 1. The van der Waals surface area contributed by atoms with Gasteiger partial charge in [0, 0.05) is 25.2 Å². The van der Waals surface area contributed by atoms with Crippen LogP contribution >= 0.6 is 0 Å². The van der Waals surface area contributed by atoms with Crippen LogP contribution in [-0.2, 0) is 4.79 Å². The number of carbonyl (C=O) groups excluding carboxylic acids is 1. The van der Waals surface area contributed by atoms with Crippen molar-refractivity contribution in [3.8, 4) is 0 Å². The van der Waals surface area contributed by atoms with Crippen molar-refractivity contribution in [1.29, 1.82) is 0 Å². The van der Waals surface area contributed by atoms with Crippen molar-refractivity contribution in [2.45, 2.75) is 6.42 Å². The Hall–Kier alpha value is -2.25. The van der Waals surface area contributed by atoms with E-state index in [1.807, 2.05) is 0 Å². The van der Waals surface area contributed by atoms with Crippen molar-refractivity contribution in [1.82, 2.24) is 4.90 Å². The van der Waals surface area contributed by atoms with E-state index >= 15 is 0 Å². The number of nitrogens with one attached hydrogen (secondary N) is 1. The molecule has 2 N–H and O–H groups in total. The molecule has 0 bridgehead atoms. The van der Waals surface area contributed by atoms with E-state index in [4.69, 9.17) is 5.11 Å². The van der Waals surface area contributed by atoms with Gasteiger partial charge in [0.2, 0.25) is 0 Å². The van der Waals surface area contributed by atoms with Crippen LogP contribution in [0.15, 0.2) is 12.1 Å². The van der Waals surface area contributed by atoms with E-state index in [0.29, 0.717) is 18.6 Å². The first-order valence-corrected chi connectivity index (χ1v) is 5.81. The number of carbonyl (C=O) groups is 2. The smallest absolute Gasteiger partial charge is 0.321 e. The third kappa shape index (κ3) is 2.84. The summed E-state index contributed by atoms with van der Waals surface area (Å²) in [6.45, 7) is 0.195. The Kier molecular flexibility index (Phi) is 3.82. The van der Waals surface area contributed by atoms with Crippen LogP contribution in [0, 0.1) is 23.4 Å². The maximum absolute atomic E-state index is 13.3. The van der Waals surface area contributed by atoms with Gasteiger partial charge < -0.3 is 15.3 Å². The highest BCUT2D eigenvalue weighted by atomic mass is 19.2. The highest BCUT2D eigenvalue weighted by molar-refractivity contribution is 5.90. The van der Waals surface area contributed by atoms with E-state index in [9.17, 15) is 22.8 Å². The third-order valence-corrected chi connectivity index (χ3v) is 3.08. The molecule has 0 aliphatic carbocycles. The van der Waals surface area contributed by atoms with Crippen molar-refractivity contribution in [3.63, 3.8) is 0 Å². The van der Waals surface area contributed by atoms with Crippen molar-refractivity contribution in [2.75, 3.05) is 18.4 Å². The zero-order valence-corrected chi connectivity index (χ0v) is 10.2. The Bertz CT molecular complexity index is 565. The van der Waals surface area contributed by atoms with Crippen LogP contribution in [0.1, 0.15) is 6.42 Å². The third-order valence-electron chi connectivity index (χ3n) is 3.08. The molecule has 0 radical (unpaired) electrons. The van der Waals surface area contributed by atoms with Crippen molar-refractivity contribution in [3.05, 3.63) is 29.6 Å². The molecule has 1 fully saturated rings. The lowest BCUT2D eigenvalue weighted by Gasteiger charge is -2.17.